The minimum atomic E-state index is -0.630. The minimum Gasteiger partial charge on any atom is -0.394 e. The first kappa shape index (κ1) is 12.6. The zero-order valence-electron chi connectivity index (χ0n) is 10.2. The largest absolute Gasteiger partial charge is 0.394 e. The van der Waals surface area contributed by atoms with Crippen LogP contribution in [0, 0.1) is 5.82 Å². The fraction of sp³-hybridized carbons (Fsp3) is 0.200. The first-order valence-electron chi connectivity index (χ1n) is 5.84. The van der Waals surface area contributed by atoms with Crippen LogP contribution in [-0.2, 0) is 5.54 Å². The second-order valence-corrected chi connectivity index (χ2v) is 4.49. The quantitative estimate of drug-likeness (QED) is 0.867. The number of benzene rings is 2. The van der Waals surface area contributed by atoms with E-state index in [1.54, 1.807) is 12.1 Å². The molecule has 1 unspecified atom stereocenters. The van der Waals surface area contributed by atoms with E-state index in [0.29, 0.717) is 5.69 Å². The van der Waals surface area contributed by atoms with Crippen LogP contribution < -0.4 is 5.32 Å². The lowest BCUT2D eigenvalue weighted by molar-refractivity contribution is 0.224. The molecule has 2 N–H and O–H groups in total. The molecule has 0 fully saturated rings. The zero-order chi connectivity index (χ0) is 13.0. The van der Waals surface area contributed by atoms with Crippen LogP contribution in [0.2, 0.25) is 0 Å². The Labute approximate surface area is 106 Å². The first-order chi connectivity index (χ1) is 8.64. The summed E-state index contributed by atoms with van der Waals surface area (Å²) in [5, 5.41) is 12.8. The molecule has 0 aliphatic heterocycles. The van der Waals surface area contributed by atoms with Crippen molar-refractivity contribution >= 4 is 5.69 Å². The fourth-order valence-electron chi connectivity index (χ4n) is 1.89. The summed E-state index contributed by atoms with van der Waals surface area (Å²) >= 11 is 0. The summed E-state index contributed by atoms with van der Waals surface area (Å²) in [6.45, 7) is 1.81. The van der Waals surface area contributed by atoms with E-state index < -0.39 is 5.54 Å². The first-order valence-corrected chi connectivity index (χ1v) is 5.84. The molecular formula is C15H16FNO. The number of anilines is 1. The maximum atomic E-state index is 13.1. The van der Waals surface area contributed by atoms with Crippen molar-refractivity contribution in [3.05, 3.63) is 66.0 Å². The average Bonchev–Trinajstić information content (AvgIpc) is 2.39. The van der Waals surface area contributed by atoms with Crippen LogP contribution in [0.3, 0.4) is 0 Å². The van der Waals surface area contributed by atoms with Crippen molar-refractivity contribution < 1.29 is 9.50 Å². The van der Waals surface area contributed by atoms with Gasteiger partial charge in [0, 0.05) is 5.69 Å². The molecule has 0 aliphatic carbocycles. The Morgan fingerprint density at radius 3 is 2.44 bits per heavy atom. The smallest absolute Gasteiger partial charge is 0.125 e. The van der Waals surface area contributed by atoms with E-state index in [9.17, 15) is 9.50 Å². The van der Waals surface area contributed by atoms with Gasteiger partial charge in [0.15, 0.2) is 0 Å². The molecule has 0 bridgehead atoms. The summed E-state index contributed by atoms with van der Waals surface area (Å²) in [7, 11) is 0. The van der Waals surface area contributed by atoms with Crippen molar-refractivity contribution in [3.63, 3.8) is 0 Å². The zero-order valence-corrected chi connectivity index (χ0v) is 10.2. The van der Waals surface area contributed by atoms with Crippen LogP contribution in [0.5, 0.6) is 0 Å². The molecule has 0 amide bonds. The Bertz CT molecular complexity index is 515. The van der Waals surface area contributed by atoms with Crippen molar-refractivity contribution in [2.24, 2.45) is 0 Å². The van der Waals surface area contributed by atoms with Gasteiger partial charge >= 0.3 is 0 Å². The van der Waals surface area contributed by atoms with Gasteiger partial charge in [0.1, 0.15) is 5.82 Å². The summed E-state index contributed by atoms with van der Waals surface area (Å²) in [5.74, 6) is -0.298. The van der Waals surface area contributed by atoms with E-state index in [4.69, 9.17) is 0 Å². The SMILES string of the molecule is CC(CO)(Nc1cccc(F)c1)c1ccccc1. The van der Waals surface area contributed by atoms with Crippen molar-refractivity contribution in [2.75, 3.05) is 11.9 Å². The highest BCUT2D eigenvalue weighted by Gasteiger charge is 2.25. The number of hydrogen-bond acceptors (Lipinski definition) is 2. The molecule has 0 aromatic heterocycles. The monoisotopic (exact) mass is 245 g/mol. The van der Waals surface area contributed by atoms with E-state index in [1.807, 2.05) is 37.3 Å². The Hall–Kier alpha value is -1.87. The number of aliphatic hydroxyl groups excluding tert-OH is 1. The van der Waals surface area contributed by atoms with Gasteiger partial charge in [-0.25, -0.2) is 4.39 Å². The molecule has 0 radical (unpaired) electrons. The van der Waals surface area contributed by atoms with Crippen LogP contribution in [-0.4, -0.2) is 11.7 Å². The lowest BCUT2D eigenvalue weighted by Crippen LogP contribution is -2.35. The molecule has 2 rings (SSSR count). The average molecular weight is 245 g/mol. The normalized spacial score (nSPS) is 13.9. The van der Waals surface area contributed by atoms with E-state index in [0.717, 1.165) is 5.56 Å². The fourth-order valence-corrected chi connectivity index (χ4v) is 1.89. The predicted molar refractivity (Wildman–Crippen MR) is 70.9 cm³/mol. The van der Waals surface area contributed by atoms with E-state index in [1.165, 1.54) is 12.1 Å². The number of aliphatic hydroxyl groups is 1. The molecular weight excluding hydrogens is 229 g/mol. The topological polar surface area (TPSA) is 32.3 Å². The third-order valence-corrected chi connectivity index (χ3v) is 2.97. The van der Waals surface area contributed by atoms with E-state index >= 15 is 0 Å². The summed E-state index contributed by atoms with van der Waals surface area (Å²) in [6, 6.07) is 15.8. The summed E-state index contributed by atoms with van der Waals surface area (Å²) in [6.07, 6.45) is 0. The van der Waals surface area contributed by atoms with Gasteiger partial charge in [-0.1, -0.05) is 36.4 Å². The van der Waals surface area contributed by atoms with Gasteiger partial charge in [0.25, 0.3) is 0 Å². The third kappa shape index (κ3) is 2.68. The van der Waals surface area contributed by atoms with Gasteiger partial charge < -0.3 is 10.4 Å². The maximum absolute atomic E-state index is 13.1. The third-order valence-electron chi connectivity index (χ3n) is 2.97. The van der Waals surface area contributed by atoms with Crippen molar-refractivity contribution in [2.45, 2.75) is 12.5 Å². The number of halogens is 1. The molecule has 0 saturated heterocycles. The second-order valence-electron chi connectivity index (χ2n) is 4.49. The molecule has 2 aromatic carbocycles. The Balaban J connectivity index is 2.29. The minimum absolute atomic E-state index is 0.0759. The van der Waals surface area contributed by atoms with Gasteiger partial charge in [-0.15, -0.1) is 0 Å². The van der Waals surface area contributed by atoms with Crippen molar-refractivity contribution in [1.82, 2.24) is 0 Å². The van der Waals surface area contributed by atoms with Gasteiger partial charge in [0.05, 0.1) is 12.1 Å². The summed E-state index contributed by atoms with van der Waals surface area (Å²) in [4.78, 5) is 0. The molecule has 0 spiro atoms. The van der Waals surface area contributed by atoms with Gasteiger partial charge in [0.2, 0.25) is 0 Å². The van der Waals surface area contributed by atoms with Crippen LogP contribution in [0.4, 0.5) is 10.1 Å². The van der Waals surface area contributed by atoms with E-state index in [2.05, 4.69) is 5.32 Å². The van der Waals surface area contributed by atoms with Crippen molar-refractivity contribution in [1.29, 1.82) is 0 Å². The van der Waals surface area contributed by atoms with Crippen LogP contribution in [0.15, 0.2) is 54.6 Å². The highest BCUT2D eigenvalue weighted by Crippen LogP contribution is 2.25. The van der Waals surface area contributed by atoms with Gasteiger partial charge in [-0.2, -0.15) is 0 Å². The van der Waals surface area contributed by atoms with E-state index in [-0.39, 0.29) is 12.4 Å². The molecule has 0 heterocycles. The van der Waals surface area contributed by atoms with Crippen LogP contribution in [0.25, 0.3) is 0 Å². The lowest BCUT2D eigenvalue weighted by Gasteiger charge is -2.30. The molecule has 18 heavy (non-hydrogen) atoms. The summed E-state index contributed by atoms with van der Waals surface area (Å²) in [5.41, 5.74) is 0.974. The second kappa shape index (κ2) is 5.19. The molecule has 2 nitrogen and oxygen atoms in total. The molecule has 94 valence electrons. The Kier molecular flexibility index (Phi) is 3.63. The Morgan fingerprint density at radius 2 is 1.83 bits per heavy atom. The predicted octanol–water partition coefficient (Wildman–Crippen LogP) is 3.15. The molecule has 2 aromatic rings. The highest BCUT2D eigenvalue weighted by molar-refractivity contribution is 5.48. The molecule has 0 aliphatic rings. The number of nitrogens with one attached hydrogen (secondary N) is 1. The molecule has 0 saturated carbocycles. The summed E-state index contributed by atoms with van der Waals surface area (Å²) < 4.78 is 13.1. The van der Waals surface area contributed by atoms with Crippen LogP contribution >= 0.6 is 0 Å². The standard InChI is InChI=1S/C15H16FNO/c1-15(11-18,12-6-3-2-4-7-12)17-14-9-5-8-13(16)10-14/h2-10,17-18H,11H2,1H3. The lowest BCUT2D eigenvalue weighted by atomic mass is 9.92. The van der Waals surface area contributed by atoms with Gasteiger partial charge in [-0.3, -0.25) is 0 Å². The Morgan fingerprint density at radius 1 is 1.11 bits per heavy atom. The molecule has 1 atom stereocenters. The van der Waals surface area contributed by atoms with Gasteiger partial charge in [-0.05, 0) is 30.7 Å². The number of rotatable bonds is 4. The highest BCUT2D eigenvalue weighted by atomic mass is 19.1. The maximum Gasteiger partial charge on any atom is 0.125 e. The van der Waals surface area contributed by atoms with Crippen LogP contribution in [0.1, 0.15) is 12.5 Å². The number of hydrogen-bond donors (Lipinski definition) is 2. The molecule has 3 heteroatoms. The van der Waals surface area contributed by atoms with Crippen molar-refractivity contribution in [3.8, 4) is 0 Å².